The van der Waals surface area contributed by atoms with Gasteiger partial charge in [0, 0.05) is 17.4 Å². The van der Waals surface area contributed by atoms with Crippen LogP contribution in [0, 0.1) is 19.3 Å². The zero-order chi connectivity index (χ0) is 11.1. The summed E-state index contributed by atoms with van der Waals surface area (Å²) in [5.41, 5.74) is 2.57. The number of hydrogen-bond acceptors (Lipinski definition) is 1. The summed E-state index contributed by atoms with van der Waals surface area (Å²) in [5.74, 6) is 2.64. The third-order valence-corrected chi connectivity index (χ3v) is 3.09. The molecule has 0 unspecified atom stereocenters. The Morgan fingerprint density at radius 3 is 2.93 bits per heavy atom. The number of rotatable bonds is 5. The molecule has 0 spiro atoms. The van der Waals surface area contributed by atoms with Crippen molar-refractivity contribution in [2.24, 2.45) is 0 Å². The minimum Gasteiger partial charge on any atom is -0.313 e. The molecular weight excluding hydrogens is 250 g/mol. The molecule has 1 rings (SSSR count). The maximum Gasteiger partial charge on any atom is 0.0207 e. The number of hydrogen-bond donors (Lipinski definition) is 1. The van der Waals surface area contributed by atoms with Crippen molar-refractivity contribution in [3.05, 3.63) is 33.8 Å². The fourth-order valence-corrected chi connectivity index (χ4v) is 1.72. The van der Waals surface area contributed by atoms with Crippen LogP contribution in [0.5, 0.6) is 0 Å². The van der Waals surface area contributed by atoms with E-state index in [1.165, 1.54) is 15.6 Å². The lowest BCUT2D eigenvalue weighted by molar-refractivity contribution is 0.659. The van der Waals surface area contributed by atoms with E-state index in [1.807, 2.05) is 0 Å². The minimum atomic E-state index is 0.852. The molecule has 1 aromatic rings. The van der Waals surface area contributed by atoms with Gasteiger partial charge >= 0.3 is 0 Å². The van der Waals surface area contributed by atoms with Crippen LogP contribution in [-0.2, 0) is 6.54 Å². The monoisotopic (exact) mass is 265 g/mol. The molecule has 0 aromatic heterocycles. The maximum absolute atomic E-state index is 5.17. The number of terminal acetylenes is 1. The average Bonchev–Trinajstić information content (AvgIpc) is 2.23. The molecule has 80 valence electrons. The molecule has 1 aromatic carbocycles. The van der Waals surface area contributed by atoms with Crippen LogP contribution in [0.4, 0.5) is 0 Å². The number of benzene rings is 1. The van der Waals surface area contributed by atoms with Gasteiger partial charge in [-0.15, -0.1) is 12.3 Å². The number of nitrogens with one attached hydrogen (secondary N) is 1. The Balaban J connectivity index is 2.32. The third kappa shape index (κ3) is 4.51. The first-order valence-electron chi connectivity index (χ1n) is 5.13. The molecule has 1 N–H and O–H groups in total. The largest absolute Gasteiger partial charge is 0.313 e. The van der Waals surface area contributed by atoms with Crippen molar-refractivity contribution in [2.75, 3.05) is 6.54 Å². The molecule has 1 nitrogen and oxygen atoms in total. The molecule has 0 aliphatic rings. The van der Waals surface area contributed by atoms with E-state index in [9.17, 15) is 0 Å². The topological polar surface area (TPSA) is 12.0 Å². The van der Waals surface area contributed by atoms with Crippen LogP contribution >= 0.6 is 15.9 Å². The van der Waals surface area contributed by atoms with Crippen LogP contribution in [-0.4, -0.2) is 6.54 Å². The van der Waals surface area contributed by atoms with Gasteiger partial charge in [0.15, 0.2) is 0 Å². The van der Waals surface area contributed by atoms with Crippen molar-refractivity contribution >= 4 is 15.9 Å². The summed E-state index contributed by atoms with van der Waals surface area (Å²) < 4.78 is 1.17. The maximum atomic E-state index is 5.17. The Morgan fingerprint density at radius 2 is 2.27 bits per heavy atom. The summed E-state index contributed by atoms with van der Waals surface area (Å²) in [6.45, 7) is 3.98. The molecule has 0 amide bonds. The summed E-state index contributed by atoms with van der Waals surface area (Å²) in [6.07, 6.45) is 7.07. The van der Waals surface area contributed by atoms with Crippen molar-refractivity contribution < 1.29 is 0 Å². The lowest BCUT2D eigenvalue weighted by Gasteiger charge is -2.05. The molecule has 0 heterocycles. The van der Waals surface area contributed by atoms with Gasteiger partial charge in [0.1, 0.15) is 0 Å². The molecule has 15 heavy (non-hydrogen) atoms. The number of unbranched alkanes of at least 4 members (excludes halogenated alkanes) is 1. The van der Waals surface area contributed by atoms with Crippen molar-refractivity contribution in [1.82, 2.24) is 5.32 Å². The van der Waals surface area contributed by atoms with Crippen molar-refractivity contribution in [2.45, 2.75) is 26.3 Å². The standard InChI is InChI=1S/C13H16BrN/c1-3-4-5-8-15-10-12-7-6-11(2)13(14)9-12/h1,6-7,9,15H,4-5,8,10H2,2H3. The van der Waals surface area contributed by atoms with Crippen LogP contribution in [0.2, 0.25) is 0 Å². The molecule has 2 heteroatoms. The zero-order valence-corrected chi connectivity index (χ0v) is 10.6. The van der Waals surface area contributed by atoms with Crippen LogP contribution in [0.15, 0.2) is 22.7 Å². The summed E-state index contributed by atoms with van der Waals surface area (Å²) in [6, 6.07) is 6.43. The average molecular weight is 266 g/mol. The van der Waals surface area contributed by atoms with E-state index < -0.39 is 0 Å². The van der Waals surface area contributed by atoms with Gasteiger partial charge in [-0.2, -0.15) is 0 Å². The number of halogens is 1. The molecule has 0 aliphatic heterocycles. The molecule has 0 aliphatic carbocycles. The highest BCUT2D eigenvalue weighted by molar-refractivity contribution is 9.10. The van der Waals surface area contributed by atoms with E-state index in [0.29, 0.717) is 0 Å². The lowest BCUT2D eigenvalue weighted by Crippen LogP contribution is -2.14. The molecule has 0 saturated heterocycles. The molecule has 0 atom stereocenters. The first-order valence-corrected chi connectivity index (χ1v) is 5.92. The quantitative estimate of drug-likeness (QED) is 0.637. The van der Waals surface area contributed by atoms with Gasteiger partial charge in [-0.25, -0.2) is 0 Å². The summed E-state index contributed by atoms with van der Waals surface area (Å²) >= 11 is 3.53. The second-order valence-corrected chi connectivity index (χ2v) is 4.42. The van der Waals surface area contributed by atoms with Gasteiger partial charge in [-0.05, 0) is 37.1 Å². The van der Waals surface area contributed by atoms with Crippen molar-refractivity contribution in [3.63, 3.8) is 0 Å². The first-order chi connectivity index (χ1) is 7.24. The molecule has 0 fully saturated rings. The highest BCUT2D eigenvalue weighted by Gasteiger charge is 1.96. The van der Waals surface area contributed by atoms with Gasteiger partial charge < -0.3 is 5.32 Å². The molecule has 0 bridgehead atoms. The highest BCUT2D eigenvalue weighted by Crippen LogP contribution is 2.17. The van der Waals surface area contributed by atoms with Gasteiger partial charge in [0.05, 0.1) is 0 Å². The first kappa shape index (κ1) is 12.3. The van der Waals surface area contributed by atoms with Crippen LogP contribution in [0.3, 0.4) is 0 Å². The van der Waals surface area contributed by atoms with E-state index in [-0.39, 0.29) is 0 Å². The van der Waals surface area contributed by atoms with Crippen molar-refractivity contribution in [1.29, 1.82) is 0 Å². The zero-order valence-electron chi connectivity index (χ0n) is 9.02. The van der Waals surface area contributed by atoms with Crippen LogP contribution < -0.4 is 5.32 Å². The molecule has 0 radical (unpaired) electrons. The smallest absolute Gasteiger partial charge is 0.0207 e. The third-order valence-electron chi connectivity index (χ3n) is 2.24. The predicted octanol–water partition coefficient (Wildman–Crippen LogP) is 3.26. The van der Waals surface area contributed by atoms with E-state index in [2.05, 4.69) is 52.3 Å². The van der Waals surface area contributed by atoms with Crippen LogP contribution in [0.25, 0.3) is 0 Å². The van der Waals surface area contributed by atoms with Gasteiger partial charge in [0.2, 0.25) is 0 Å². The van der Waals surface area contributed by atoms with Crippen LogP contribution in [0.1, 0.15) is 24.0 Å². The fourth-order valence-electron chi connectivity index (χ4n) is 1.29. The Kier molecular flexibility index (Phi) is 5.45. The number of aryl methyl sites for hydroxylation is 1. The fraction of sp³-hybridized carbons (Fsp3) is 0.385. The Labute approximate surface area is 100 Å². The predicted molar refractivity (Wildman–Crippen MR) is 68.7 cm³/mol. The second-order valence-electron chi connectivity index (χ2n) is 3.57. The van der Waals surface area contributed by atoms with E-state index >= 15 is 0 Å². The lowest BCUT2D eigenvalue weighted by atomic mass is 10.1. The summed E-state index contributed by atoms with van der Waals surface area (Å²) in [7, 11) is 0. The Morgan fingerprint density at radius 1 is 1.47 bits per heavy atom. The van der Waals surface area contributed by atoms with E-state index in [1.54, 1.807) is 0 Å². The van der Waals surface area contributed by atoms with Crippen molar-refractivity contribution in [3.8, 4) is 12.3 Å². The highest BCUT2D eigenvalue weighted by atomic mass is 79.9. The molecule has 0 saturated carbocycles. The van der Waals surface area contributed by atoms with E-state index in [0.717, 1.165) is 25.9 Å². The minimum absolute atomic E-state index is 0.852. The molecular formula is C13H16BrN. The Bertz CT molecular complexity index is 352. The van der Waals surface area contributed by atoms with Gasteiger partial charge in [-0.1, -0.05) is 28.1 Å². The Hall–Kier alpha value is -0.780. The summed E-state index contributed by atoms with van der Waals surface area (Å²) in [4.78, 5) is 0. The van der Waals surface area contributed by atoms with E-state index in [4.69, 9.17) is 6.42 Å². The SMILES string of the molecule is C#CCCCNCc1ccc(C)c(Br)c1. The van der Waals surface area contributed by atoms with Gasteiger partial charge in [0.25, 0.3) is 0 Å². The summed E-state index contributed by atoms with van der Waals surface area (Å²) in [5, 5.41) is 3.37. The normalized spacial score (nSPS) is 9.93. The van der Waals surface area contributed by atoms with Gasteiger partial charge in [-0.3, -0.25) is 0 Å². The second kappa shape index (κ2) is 6.66.